The Hall–Kier alpha value is -2.48. The molecule has 0 radical (unpaired) electrons. The number of hydrogen-bond donors (Lipinski definition) is 3. The van der Waals surface area contributed by atoms with Crippen LogP contribution in [0, 0.1) is 5.92 Å². The first-order chi connectivity index (χ1) is 14.6. The molecule has 1 aromatic carbocycles. The molecule has 0 heterocycles. The second-order valence-corrected chi connectivity index (χ2v) is 8.48. The summed E-state index contributed by atoms with van der Waals surface area (Å²) in [6, 6.07) is 4.32. The lowest BCUT2D eigenvalue weighted by molar-refractivity contribution is -0.145. The maximum Gasteiger partial charge on any atom is 0.407 e. The minimum Gasteiger partial charge on any atom is -0.496 e. The van der Waals surface area contributed by atoms with Gasteiger partial charge in [0.25, 0.3) is 0 Å². The van der Waals surface area contributed by atoms with Crippen LogP contribution in [0.5, 0.6) is 5.75 Å². The predicted octanol–water partition coefficient (Wildman–Crippen LogP) is 3.51. The number of carbonyl (C=O) groups is 2. The second kappa shape index (κ2) is 12.4. The van der Waals surface area contributed by atoms with Gasteiger partial charge in [-0.1, -0.05) is 26.3 Å². The van der Waals surface area contributed by atoms with Crippen molar-refractivity contribution in [1.29, 1.82) is 0 Å². The number of rotatable bonds is 11. The van der Waals surface area contributed by atoms with Crippen molar-refractivity contribution in [2.45, 2.75) is 72.1 Å². The fraction of sp³-hybridized carbons (Fsp3) is 0.652. The number of benzene rings is 1. The third-order valence-electron chi connectivity index (χ3n) is 4.81. The normalized spacial score (nSPS) is 14.2. The molecule has 1 amide bonds. The average Bonchev–Trinajstić information content (AvgIpc) is 2.70. The van der Waals surface area contributed by atoms with Crippen LogP contribution in [0.25, 0.3) is 0 Å². The van der Waals surface area contributed by atoms with Gasteiger partial charge in [-0.05, 0) is 45.7 Å². The van der Waals surface area contributed by atoms with Gasteiger partial charge in [-0.15, -0.1) is 0 Å². The molecular formula is C23H38N2O6. The van der Waals surface area contributed by atoms with Crippen LogP contribution in [0.2, 0.25) is 0 Å². The van der Waals surface area contributed by atoms with Crippen molar-refractivity contribution in [2.24, 2.45) is 5.92 Å². The van der Waals surface area contributed by atoms with Crippen LogP contribution < -0.4 is 15.4 Å². The number of nitrogens with one attached hydrogen (secondary N) is 2. The summed E-state index contributed by atoms with van der Waals surface area (Å²) >= 11 is 0. The van der Waals surface area contributed by atoms with Crippen molar-refractivity contribution in [3.8, 4) is 5.75 Å². The summed E-state index contributed by atoms with van der Waals surface area (Å²) < 4.78 is 16.1. The number of esters is 1. The first-order valence-electron chi connectivity index (χ1n) is 10.8. The van der Waals surface area contributed by atoms with Crippen molar-refractivity contribution in [3.05, 3.63) is 23.8 Å². The molecule has 31 heavy (non-hydrogen) atoms. The third kappa shape index (κ3) is 8.65. The Labute approximate surface area is 185 Å². The Bertz CT molecular complexity index is 717. The number of ether oxygens (including phenoxy) is 3. The van der Waals surface area contributed by atoms with E-state index in [1.807, 2.05) is 26.0 Å². The molecule has 0 aliphatic carbocycles. The minimum absolute atomic E-state index is 0.0339. The highest BCUT2D eigenvalue weighted by Crippen LogP contribution is 2.30. The number of alkyl carbamates (subject to hydrolysis) is 1. The quantitative estimate of drug-likeness (QED) is 0.454. The van der Waals surface area contributed by atoms with E-state index in [4.69, 9.17) is 14.2 Å². The second-order valence-electron chi connectivity index (χ2n) is 8.48. The summed E-state index contributed by atoms with van der Waals surface area (Å²) in [5.41, 5.74) is 0.768. The van der Waals surface area contributed by atoms with Crippen molar-refractivity contribution in [1.82, 2.24) is 5.32 Å². The lowest BCUT2D eigenvalue weighted by atomic mass is 9.97. The molecule has 0 fully saturated rings. The zero-order valence-corrected chi connectivity index (χ0v) is 19.8. The Morgan fingerprint density at radius 1 is 1.19 bits per heavy atom. The average molecular weight is 439 g/mol. The number of methoxy groups -OCH3 is 1. The van der Waals surface area contributed by atoms with Crippen LogP contribution in [0.3, 0.4) is 0 Å². The van der Waals surface area contributed by atoms with Crippen LogP contribution in [0.15, 0.2) is 18.2 Å². The first-order valence-corrected chi connectivity index (χ1v) is 10.8. The van der Waals surface area contributed by atoms with Crippen LogP contribution >= 0.6 is 0 Å². The molecule has 0 saturated heterocycles. The fourth-order valence-electron chi connectivity index (χ4n) is 3.05. The SMILES string of the molecule is CCOC(=O)[C@@H](Nc1cccc(OC)c1CC(CO)NC(=O)OC(C)(C)C)C(C)CC. The topological polar surface area (TPSA) is 106 Å². The zero-order valence-electron chi connectivity index (χ0n) is 19.8. The van der Waals surface area contributed by atoms with Crippen LogP contribution in [-0.2, 0) is 20.7 Å². The number of hydrogen-bond acceptors (Lipinski definition) is 7. The van der Waals surface area contributed by atoms with Gasteiger partial charge in [0.1, 0.15) is 17.4 Å². The number of carbonyl (C=O) groups excluding carboxylic acids is 2. The molecule has 8 nitrogen and oxygen atoms in total. The predicted molar refractivity (Wildman–Crippen MR) is 120 cm³/mol. The molecule has 0 aliphatic rings. The van der Waals surface area contributed by atoms with E-state index in [1.165, 1.54) is 0 Å². The number of anilines is 1. The molecule has 0 saturated carbocycles. The van der Waals surface area contributed by atoms with Gasteiger partial charge in [-0.3, -0.25) is 0 Å². The molecule has 1 aromatic rings. The van der Waals surface area contributed by atoms with Gasteiger partial charge in [-0.2, -0.15) is 0 Å². The highest BCUT2D eigenvalue weighted by atomic mass is 16.6. The standard InChI is InChI=1S/C23H38N2O6/c1-8-15(3)20(21(27)30-9-2)25-18-11-10-12-19(29-7)17(18)13-16(14-26)24-22(28)31-23(4,5)6/h10-12,15-16,20,25-26H,8-9,13-14H2,1-7H3,(H,24,28)/t15?,16?,20-/m0/s1. The summed E-state index contributed by atoms with van der Waals surface area (Å²) in [5.74, 6) is 0.295. The Balaban J connectivity index is 3.16. The van der Waals surface area contributed by atoms with Gasteiger partial charge in [0.05, 0.1) is 26.4 Å². The van der Waals surface area contributed by atoms with Gasteiger partial charge >= 0.3 is 12.1 Å². The van der Waals surface area contributed by atoms with E-state index in [9.17, 15) is 14.7 Å². The summed E-state index contributed by atoms with van der Waals surface area (Å²) in [6.07, 6.45) is 0.452. The maximum absolute atomic E-state index is 12.5. The molecule has 1 rings (SSSR count). The molecule has 0 bridgehead atoms. The van der Waals surface area contributed by atoms with Crippen LogP contribution in [0.4, 0.5) is 10.5 Å². The van der Waals surface area contributed by atoms with Gasteiger partial charge < -0.3 is 30.0 Å². The summed E-state index contributed by atoms with van der Waals surface area (Å²) in [6.45, 7) is 11.1. The van der Waals surface area contributed by atoms with Gasteiger partial charge in [0, 0.05) is 17.7 Å². The monoisotopic (exact) mass is 438 g/mol. The molecule has 0 aromatic heterocycles. The molecule has 176 valence electrons. The smallest absolute Gasteiger partial charge is 0.407 e. The number of aliphatic hydroxyl groups excluding tert-OH is 1. The maximum atomic E-state index is 12.5. The molecule has 0 spiro atoms. The minimum atomic E-state index is -0.648. The number of amides is 1. The Morgan fingerprint density at radius 3 is 2.39 bits per heavy atom. The lowest BCUT2D eigenvalue weighted by Crippen LogP contribution is -2.42. The van der Waals surface area contributed by atoms with E-state index < -0.39 is 23.8 Å². The van der Waals surface area contributed by atoms with E-state index in [-0.39, 0.29) is 24.9 Å². The van der Waals surface area contributed by atoms with E-state index in [0.717, 1.165) is 12.0 Å². The van der Waals surface area contributed by atoms with Gasteiger partial charge in [0.2, 0.25) is 0 Å². The van der Waals surface area contributed by atoms with Crippen molar-refractivity contribution in [3.63, 3.8) is 0 Å². The van der Waals surface area contributed by atoms with Crippen LogP contribution in [0.1, 0.15) is 53.5 Å². The number of aliphatic hydroxyl groups is 1. The van der Waals surface area contributed by atoms with Gasteiger partial charge in [0.15, 0.2) is 0 Å². The van der Waals surface area contributed by atoms with Crippen molar-refractivity contribution >= 4 is 17.7 Å². The third-order valence-corrected chi connectivity index (χ3v) is 4.81. The first kappa shape index (κ1) is 26.6. The molecule has 0 aliphatic heterocycles. The van der Waals surface area contributed by atoms with E-state index in [0.29, 0.717) is 18.0 Å². The van der Waals surface area contributed by atoms with Crippen molar-refractivity contribution < 1.29 is 28.9 Å². The highest BCUT2D eigenvalue weighted by molar-refractivity contribution is 5.80. The van der Waals surface area contributed by atoms with Gasteiger partial charge in [-0.25, -0.2) is 9.59 Å². The molecule has 3 N–H and O–H groups in total. The van der Waals surface area contributed by atoms with Crippen molar-refractivity contribution in [2.75, 3.05) is 25.6 Å². The zero-order chi connectivity index (χ0) is 23.6. The van der Waals surface area contributed by atoms with E-state index in [1.54, 1.807) is 40.9 Å². The lowest BCUT2D eigenvalue weighted by Gasteiger charge is -2.27. The summed E-state index contributed by atoms with van der Waals surface area (Å²) in [7, 11) is 1.55. The molecular weight excluding hydrogens is 400 g/mol. The summed E-state index contributed by atoms with van der Waals surface area (Å²) in [4.78, 5) is 24.7. The summed E-state index contributed by atoms with van der Waals surface area (Å²) in [5, 5.41) is 15.8. The molecule has 3 atom stereocenters. The Morgan fingerprint density at radius 2 is 1.87 bits per heavy atom. The fourth-order valence-corrected chi connectivity index (χ4v) is 3.05. The Kier molecular flexibility index (Phi) is 10.6. The largest absolute Gasteiger partial charge is 0.496 e. The van der Waals surface area contributed by atoms with E-state index in [2.05, 4.69) is 10.6 Å². The molecule has 8 heteroatoms. The van der Waals surface area contributed by atoms with Crippen LogP contribution in [-0.4, -0.2) is 55.2 Å². The molecule has 2 unspecified atom stereocenters. The highest BCUT2D eigenvalue weighted by Gasteiger charge is 2.27. The van der Waals surface area contributed by atoms with E-state index >= 15 is 0 Å².